The van der Waals surface area contributed by atoms with Crippen LogP contribution in [0.3, 0.4) is 0 Å². The molecule has 0 atom stereocenters. The van der Waals surface area contributed by atoms with Crippen LogP contribution in [0.5, 0.6) is 0 Å². The largest absolute Gasteiger partial charge is 0.356 e. The molecule has 0 aliphatic heterocycles. The number of carbonyl (C=O) groups excluding carboxylic acids is 1. The molecule has 3 rings (SSSR count). The average molecular weight is 340 g/mol. The third-order valence-electron chi connectivity index (χ3n) is 3.61. The van der Waals surface area contributed by atoms with Gasteiger partial charge in [0.15, 0.2) is 0 Å². The second kappa shape index (κ2) is 7.88. The molecule has 1 amide bonds. The van der Waals surface area contributed by atoms with Gasteiger partial charge in [-0.1, -0.05) is 30.3 Å². The zero-order chi connectivity index (χ0) is 16.8. The van der Waals surface area contributed by atoms with E-state index >= 15 is 0 Å². The molecule has 0 aliphatic rings. The maximum absolute atomic E-state index is 11.9. The SMILES string of the molecule is Cc1cnn(CCC(=O)NCCc2nc(-c3ccccc3)cs2)c1. The van der Waals surface area contributed by atoms with Gasteiger partial charge in [0.2, 0.25) is 5.91 Å². The number of aromatic nitrogens is 3. The van der Waals surface area contributed by atoms with Crippen LogP contribution in [0.1, 0.15) is 17.0 Å². The van der Waals surface area contributed by atoms with E-state index in [1.807, 2.05) is 31.3 Å². The first-order valence-corrected chi connectivity index (χ1v) is 8.84. The molecule has 2 aromatic heterocycles. The van der Waals surface area contributed by atoms with Crippen LogP contribution in [0.25, 0.3) is 11.3 Å². The molecule has 3 aromatic rings. The summed E-state index contributed by atoms with van der Waals surface area (Å²) >= 11 is 1.63. The Kier molecular flexibility index (Phi) is 5.38. The van der Waals surface area contributed by atoms with Crippen molar-refractivity contribution in [1.82, 2.24) is 20.1 Å². The highest BCUT2D eigenvalue weighted by atomic mass is 32.1. The molecular weight excluding hydrogens is 320 g/mol. The Morgan fingerprint density at radius 3 is 2.88 bits per heavy atom. The number of nitrogens with zero attached hydrogens (tertiary/aromatic N) is 3. The third-order valence-corrected chi connectivity index (χ3v) is 4.52. The molecule has 1 aromatic carbocycles. The molecule has 0 fully saturated rings. The van der Waals surface area contributed by atoms with Gasteiger partial charge in [0.05, 0.1) is 16.9 Å². The molecule has 6 heteroatoms. The first-order chi connectivity index (χ1) is 11.7. The van der Waals surface area contributed by atoms with E-state index in [0.29, 0.717) is 19.5 Å². The summed E-state index contributed by atoms with van der Waals surface area (Å²) in [6.07, 6.45) is 4.93. The van der Waals surface area contributed by atoms with Crippen molar-refractivity contribution in [2.45, 2.75) is 26.3 Å². The van der Waals surface area contributed by atoms with Gasteiger partial charge in [-0.25, -0.2) is 4.98 Å². The Morgan fingerprint density at radius 2 is 2.12 bits per heavy atom. The summed E-state index contributed by atoms with van der Waals surface area (Å²) in [6.45, 7) is 3.20. The molecule has 124 valence electrons. The van der Waals surface area contributed by atoms with E-state index in [4.69, 9.17) is 0 Å². The fraction of sp³-hybridized carbons (Fsp3) is 0.278. The second-order valence-electron chi connectivity index (χ2n) is 5.62. The minimum atomic E-state index is 0.0444. The van der Waals surface area contributed by atoms with Crippen molar-refractivity contribution in [3.05, 3.63) is 58.7 Å². The lowest BCUT2D eigenvalue weighted by molar-refractivity contribution is -0.121. The smallest absolute Gasteiger partial charge is 0.221 e. The minimum absolute atomic E-state index is 0.0444. The molecule has 0 radical (unpaired) electrons. The van der Waals surface area contributed by atoms with Gasteiger partial charge in [-0.3, -0.25) is 9.48 Å². The molecule has 0 saturated carbocycles. The third kappa shape index (κ3) is 4.52. The van der Waals surface area contributed by atoms with Gasteiger partial charge in [0, 0.05) is 43.1 Å². The number of aryl methyl sites for hydroxylation is 2. The summed E-state index contributed by atoms with van der Waals surface area (Å²) in [5.74, 6) is 0.0444. The molecule has 2 heterocycles. The second-order valence-corrected chi connectivity index (χ2v) is 6.57. The number of benzene rings is 1. The molecule has 0 saturated heterocycles. The fourth-order valence-corrected chi connectivity index (χ4v) is 3.18. The first-order valence-electron chi connectivity index (χ1n) is 7.96. The summed E-state index contributed by atoms with van der Waals surface area (Å²) in [7, 11) is 0. The molecule has 0 unspecified atom stereocenters. The number of rotatable bonds is 7. The Morgan fingerprint density at radius 1 is 1.29 bits per heavy atom. The average Bonchev–Trinajstić information content (AvgIpc) is 3.23. The lowest BCUT2D eigenvalue weighted by Gasteiger charge is -2.04. The van der Waals surface area contributed by atoms with E-state index in [-0.39, 0.29) is 5.91 Å². The van der Waals surface area contributed by atoms with Gasteiger partial charge in [-0.2, -0.15) is 5.10 Å². The summed E-state index contributed by atoms with van der Waals surface area (Å²) < 4.78 is 1.79. The van der Waals surface area contributed by atoms with Crippen molar-refractivity contribution in [2.24, 2.45) is 0 Å². The van der Waals surface area contributed by atoms with Crippen molar-refractivity contribution < 1.29 is 4.79 Å². The Bertz CT molecular complexity index is 794. The highest BCUT2D eigenvalue weighted by molar-refractivity contribution is 7.09. The van der Waals surface area contributed by atoms with Crippen LogP contribution in [-0.4, -0.2) is 27.2 Å². The van der Waals surface area contributed by atoms with E-state index in [1.165, 1.54) is 0 Å². The van der Waals surface area contributed by atoms with E-state index in [9.17, 15) is 4.79 Å². The fourth-order valence-electron chi connectivity index (χ4n) is 2.37. The minimum Gasteiger partial charge on any atom is -0.356 e. The zero-order valence-electron chi connectivity index (χ0n) is 13.6. The van der Waals surface area contributed by atoms with Crippen LogP contribution in [0.15, 0.2) is 48.1 Å². The van der Waals surface area contributed by atoms with Crippen LogP contribution in [0.2, 0.25) is 0 Å². The first kappa shape index (κ1) is 16.4. The van der Waals surface area contributed by atoms with E-state index in [1.54, 1.807) is 22.2 Å². The molecule has 5 nitrogen and oxygen atoms in total. The predicted octanol–water partition coefficient (Wildman–Crippen LogP) is 3.06. The summed E-state index contributed by atoms with van der Waals surface area (Å²) in [5.41, 5.74) is 3.22. The molecule has 0 spiro atoms. The van der Waals surface area contributed by atoms with Crippen LogP contribution < -0.4 is 5.32 Å². The molecular formula is C18H20N4OS. The highest BCUT2D eigenvalue weighted by Gasteiger charge is 2.06. The maximum Gasteiger partial charge on any atom is 0.221 e. The van der Waals surface area contributed by atoms with Crippen molar-refractivity contribution in [2.75, 3.05) is 6.54 Å². The van der Waals surface area contributed by atoms with Crippen LogP contribution in [0, 0.1) is 6.92 Å². The van der Waals surface area contributed by atoms with Gasteiger partial charge in [-0.15, -0.1) is 11.3 Å². The number of thiazole rings is 1. The zero-order valence-corrected chi connectivity index (χ0v) is 14.4. The Labute approximate surface area is 145 Å². The standard InChI is InChI=1S/C18H20N4OS/c1-14-11-20-22(12-14)10-8-17(23)19-9-7-18-21-16(13-24-18)15-5-3-2-4-6-15/h2-6,11-13H,7-10H2,1H3,(H,19,23). The summed E-state index contributed by atoms with van der Waals surface area (Å²) in [6, 6.07) is 10.1. The van der Waals surface area contributed by atoms with Crippen molar-refractivity contribution in [3.8, 4) is 11.3 Å². The van der Waals surface area contributed by atoms with E-state index in [2.05, 4.69) is 32.9 Å². The van der Waals surface area contributed by atoms with Crippen molar-refractivity contribution in [1.29, 1.82) is 0 Å². The lowest BCUT2D eigenvalue weighted by Crippen LogP contribution is -2.26. The number of nitrogens with one attached hydrogen (secondary N) is 1. The monoisotopic (exact) mass is 340 g/mol. The van der Waals surface area contributed by atoms with Crippen LogP contribution in [0.4, 0.5) is 0 Å². The molecule has 0 aliphatic carbocycles. The van der Waals surface area contributed by atoms with Gasteiger partial charge in [0.1, 0.15) is 0 Å². The Balaban J connectivity index is 1.41. The molecule has 24 heavy (non-hydrogen) atoms. The van der Waals surface area contributed by atoms with Gasteiger partial charge in [-0.05, 0) is 12.5 Å². The van der Waals surface area contributed by atoms with Crippen LogP contribution >= 0.6 is 11.3 Å². The lowest BCUT2D eigenvalue weighted by atomic mass is 10.2. The van der Waals surface area contributed by atoms with Gasteiger partial charge < -0.3 is 5.32 Å². The number of carbonyl (C=O) groups is 1. The number of hydrogen-bond acceptors (Lipinski definition) is 4. The molecule has 0 bridgehead atoms. The molecule has 1 N–H and O–H groups in total. The van der Waals surface area contributed by atoms with Gasteiger partial charge in [0.25, 0.3) is 0 Å². The van der Waals surface area contributed by atoms with E-state index < -0.39 is 0 Å². The predicted molar refractivity (Wildman–Crippen MR) is 95.8 cm³/mol. The van der Waals surface area contributed by atoms with Crippen molar-refractivity contribution in [3.63, 3.8) is 0 Å². The van der Waals surface area contributed by atoms with Crippen LogP contribution in [-0.2, 0) is 17.8 Å². The topological polar surface area (TPSA) is 59.8 Å². The normalized spacial score (nSPS) is 10.7. The number of amides is 1. The highest BCUT2D eigenvalue weighted by Crippen LogP contribution is 2.21. The van der Waals surface area contributed by atoms with Crippen molar-refractivity contribution >= 4 is 17.2 Å². The quantitative estimate of drug-likeness (QED) is 0.719. The summed E-state index contributed by atoms with van der Waals surface area (Å²) in [4.78, 5) is 16.5. The summed E-state index contributed by atoms with van der Waals surface area (Å²) in [5, 5.41) is 10.2. The van der Waals surface area contributed by atoms with Gasteiger partial charge >= 0.3 is 0 Å². The Hall–Kier alpha value is -2.47. The van der Waals surface area contributed by atoms with E-state index in [0.717, 1.165) is 28.2 Å². The maximum atomic E-state index is 11.9. The number of hydrogen-bond donors (Lipinski definition) is 1.